The molecule has 0 heterocycles. The third-order valence-electron chi connectivity index (χ3n) is 2.94. The summed E-state index contributed by atoms with van der Waals surface area (Å²) < 4.78 is 0. The Bertz CT molecular complexity index is 299. The van der Waals surface area contributed by atoms with Gasteiger partial charge in [0.25, 0.3) is 0 Å². The van der Waals surface area contributed by atoms with Crippen molar-refractivity contribution in [2.75, 3.05) is 0 Å². The number of halogens is 1. The first kappa shape index (κ1) is 11.5. The van der Waals surface area contributed by atoms with Gasteiger partial charge in [-0.25, -0.2) is 0 Å². The lowest BCUT2D eigenvalue weighted by Gasteiger charge is -2.11. The van der Waals surface area contributed by atoms with Crippen LogP contribution in [-0.4, -0.2) is 0 Å². The first-order chi connectivity index (χ1) is 6.12. The van der Waals surface area contributed by atoms with Crippen molar-refractivity contribution in [3.05, 3.63) is 35.4 Å². The number of hydrogen-bond donors (Lipinski definition) is 1. The van der Waals surface area contributed by atoms with Crippen LogP contribution in [0.3, 0.4) is 0 Å². The van der Waals surface area contributed by atoms with Crippen molar-refractivity contribution in [3.63, 3.8) is 0 Å². The molecule has 1 nitrogen and oxygen atoms in total. The van der Waals surface area contributed by atoms with Crippen LogP contribution in [0.4, 0.5) is 0 Å². The van der Waals surface area contributed by atoms with Gasteiger partial charge in [-0.1, -0.05) is 38.1 Å². The predicted octanol–water partition coefficient (Wildman–Crippen LogP) is 3.18. The van der Waals surface area contributed by atoms with Crippen molar-refractivity contribution in [3.8, 4) is 0 Å². The Morgan fingerprint density at radius 2 is 1.64 bits per heavy atom. The van der Waals surface area contributed by atoms with Crippen molar-refractivity contribution in [2.45, 2.75) is 38.1 Å². The average molecular weight is 212 g/mol. The summed E-state index contributed by atoms with van der Waals surface area (Å²) in [4.78, 5) is 0. The van der Waals surface area contributed by atoms with Crippen LogP contribution >= 0.6 is 12.4 Å². The molecule has 1 saturated carbocycles. The number of nitrogens with two attached hydrogens (primary N) is 1. The largest absolute Gasteiger partial charge is 0.321 e. The van der Waals surface area contributed by atoms with Gasteiger partial charge in [-0.2, -0.15) is 0 Å². The Morgan fingerprint density at radius 1 is 1.14 bits per heavy atom. The molecular weight excluding hydrogens is 194 g/mol. The van der Waals surface area contributed by atoms with Gasteiger partial charge in [0.15, 0.2) is 0 Å². The Balaban J connectivity index is 0.000000980. The van der Waals surface area contributed by atoms with Gasteiger partial charge in [-0.3, -0.25) is 0 Å². The minimum absolute atomic E-state index is 0. The highest BCUT2D eigenvalue weighted by molar-refractivity contribution is 5.85. The van der Waals surface area contributed by atoms with Crippen molar-refractivity contribution >= 4 is 12.4 Å². The lowest BCUT2D eigenvalue weighted by molar-refractivity contribution is 0.738. The van der Waals surface area contributed by atoms with E-state index in [2.05, 4.69) is 38.1 Å². The zero-order valence-electron chi connectivity index (χ0n) is 8.79. The zero-order chi connectivity index (χ0) is 9.47. The van der Waals surface area contributed by atoms with Crippen LogP contribution in [0.15, 0.2) is 24.3 Å². The van der Waals surface area contributed by atoms with Crippen LogP contribution in [0.25, 0.3) is 0 Å². The van der Waals surface area contributed by atoms with E-state index < -0.39 is 0 Å². The molecule has 2 rings (SSSR count). The molecule has 0 bridgehead atoms. The van der Waals surface area contributed by atoms with Gasteiger partial charge >= 0.3 is 0 Å². The second-order valence-electron chi connectivity index (χ2n) is 4.43. The van der Waals surface area contributed by atoms with E-state index in [1.807, 2.05) is 0 Å². The maximum atomic E-state index is 6.09. The third-order valence-corrected chi connectivity index (χ3v) is 2.94. The summed E-state index contributed by atoms with van der Waals surface area (Å²) in [5.74, 6) is 0.613. The minimum Gasteiger partial charge on any atom is -0.321 e. The number of hydrogen-bond acceptors (Lipinski definition) is 1. The van der Waals surface area contributed by atoms with Gasteiger partial charge in [0.1, 0.15) is 0 Å². The molecule has 0 amide bonds. The third kappa shape index (κ3) is 2.10. The van der Waals surface area contributed by atoms with Gasteiger partial charge in [-0.15, -0.1) is 12.4 Å². The van der Waals surface area contributed by atoms with Gasteiger partial charge in [0.2, 0.25) is 0 Å². The summed E-state index contributed by atoms with van der Waals surface area (Å²) >= 11 is 0. The fourth-order valence-corrected chi connectivity index (χ4v) is 1.62. The standard InChI is InChI=1S/C12H17N.ClH/c1-9(2)10-3-5-11(6-4-10)12(13)7-8-12;/h3-6,9H,7-8,13H2,1-2H3;1H. The molecule has 1 aromatic rings. The molecule has 2 heteroatoms. The maximum absolute atomic E-state index is 6.09. The SMILES string of the molecule is CC(C)c1ccc(C2(N)CC2)cc1.Cl. The van der Waals surface area contributed by atoms with Gasteiger partial charge in [0, 0.05) is 5.54 Å². The molecule has 0 aromatic heterocycles. The minimum atomic E-state index is 0. The van der Waals surface area contributed by atoms with Gasteiger partial charge < -0.3 is 5.73 Å². The lowest BCUT2D eigenvalue weighted by atomic mass is 9.98. The molecule has 1 fully saturated rings. The van der Waals surface area contributed by atoms with E-state index in [4.69, 9.17) is 5.73 Å². The topological polar surface area (TPSA) is 26.0 Å². The van der Waals surface area contributed by atoms with Crippen molar-refractivity contribution in [1.82, 2.24) is 0 Å². The molecule has 2 N–H and O–H groups in total. The van der Waals surface area contributed by atoms with Gasteiger partial charge in [-0.05, 0) is 29.9 Å². The Morgan fingerprint density at radius 3 is 2.00 bits per heavy atom. The zero-order valence-corrected chi connectivity index (χ0v) is 9.60. The predicted molar refractivity (Wildman–Crippen MR) is 62.9 cm³/mol. The molecule has 0 atom stereocenters. The fourth-order valence-electron chi connectivity index (χ4n) is 1.62. The van der Waals surface area contributed by atoms with E-state index in [1.54, 1.807) is 0 Å². The van der Waals surface area contributed by atoms with Crippen LogP contribution in [-0.2, 0) is 5.54 Å². The van der Waals surface area contributed by atoms with Crippen LogP contribution < -0.4 is 5.73 Å². The molecule has 14 heavy (non-hydrogen) atoms. The van der Waals surface area contributed by atoms with E-state index >= 15 is 0 Å². The fraction of sp³-hybridized carbons (Fsp3) is 0.500. The van der Waals surface area contributed by atoms with Crippen molar-refractivity contribution < 1.29 is 0 Å². The Kier molecular flexibility index (Phi) is 3.23. The highest BCUT2D eigenvalue weighted by atomic mass is 35.5. The molecule has 0 aliphatic heterocycles. The Labute approximate surface area is 92.1 Å². The number of benzene rings is 1. The molecule has 1 aliphatic carbocycles. The van der Waals surface area contributed by atoms with E-state index in [1.165, 1.54) is 11.1 Å². The molecular formula is C12H18ClN. The molecule has 0 unspecified atom stereocenters. The van der Waals surface area contributed by atoms with E-state index in [0.29, 0.717) is 5.92 Å². The van der Waals surface area contributed by atoms with Crippen molar-refractivity contribution in [1.29, 1.82) is 0 Å². The van der Waals surface area contributed by atoms with Crippen molar-refractivity contribution in [2.24, 2.45) is 5.73 Å². The maximum Gasteiger partial charge on any atom is 0.0411 e. The monoisotopic (exact) mass is 211 g/mol. The molecule has 1 aliphatic rings. The summed E-state index contributed by atoms with van der Waals surface area (Å²) in [5, 5.41) is 0. The summed E-state index contributed by atoms with van der Waals surface area (Å²) in [6.45, 7) is 4.43. The average Bonchev–Trinajstić information content (AvgIpc) is 2.85. The molecule has 0 spiro atoms. The highest BCUT2D eigenvalue weighted by Gasteiger charge is 2.39. The lowest BCUT2D eigenvalue weighted by Crippen LogP contribution is -2.18. The van der Waals surface area contributed by atoms with Crippen LogP contribution in [0.5, 0.6) is 0 Å². The Hall–Kier alpha value is -0.530. The summed E-state index contributed by atoms with van der Waals surface area (Å²) in [5.41, 5.74) is 8.82. The smallest absolute Gasteiger partial charge is 0.0411 e. The first-order valence-electron chi connectivity index (χ1n) is 5.01. The van der Waals surface area contributed by atoms with E-state index in [0.717, 1.165) is 12.8 Å². The highest BCUT2D eigenvalue weighted by Crippen LogP contribution is 2.42. The van der Waals surface area contributed by atoms with Crippen LogP contribution in [0.2, 0.25) is 0 Å². The molecule has 1 aromatic carbocycles. The summed E-state index contributed by atoms with van der Waals surface area (Å²) in [7, 11) is 0. The second-order valence-corrected chi connectivity index (χ2v) is 4.43. The molecule has 0 radical (unpaired) electrons. The molecule has 78 valence electrons. The first-order valence-corrected chi connectivity index (χ1v) is 5.01. The quantitative estimate of drug-likeness (QED) is 0.799. The normalized spacial score (nSPS) is 17.7. The van der Waals surface area contributed by atoms with Gasteiger partial charge in [0.05, 0.1) is 0 Å². The van der Waals surface area contributed by atoms with E-state index in [-0.39, 0.29) is 17.9 Å². The van der Waals surface area contributed by atoms with Crippen LogP contribution in [0.1, 0.15) is 43.7 Å². The summed E-state index contributed by atoms with van der Waals surface area (Å²) in [6.07, 6.45) is 2.29. The van der Waals surface area contributed by atoms with Crippen LogP contribution in [0, 0.1) is 0 Å². The second kappa shape index (κ2) is 3.92. The van der Waals surface area contributed by atoms with E-state index in [9.17, 15) is 0 Å². The molecule has 0 saturated heterocycles. The summed E-state index contributed by atoms with van der Waals surface area (Å²) in [6, 6.07) is 8.77. The number of rotatable bonds is 2.